The molecule has 6 rings (SSSR count). The molecule has 0 bridgehead atoms. The van der Waals surface area contributed by atoms with E-state index in [1.807, 2.05) is 42.5 Å². The highest BCUT2D eigenvalue weighted by Gasteiger charge is 2.32. The van der Waals surface area contributed by atoms with Crippen LogP contribution in [0.15, 0.2) is 84.9 Å². The van der Waals surface area contributed by atoms with E-state index in [9.17, 15) is 9.59 Å². The van der Waals surface area contributed by atoms with Crippen LogP contribution in [-0.2, 0) is 27.3 Å². The van der Waals surface area contributed by atoms with Crippen LogP contribution in [0.1, 0.15) is 57.5 Å². The molecule has 2 unspecified atom stereocenters. The second-order valence-corrected chi connectivity index (χ2v) is 10.3. The number of carbonyl (C=O) groups excluding carboxylic acids is 2. The van der Waals surface area contributed by atoms with Crippen LogP contribution >= 0.6 is 0 Å². The van der Waals surface area contributed by atoms with Crippen molar-refractivity contribution in [3.63, 3.8) is 0 Å². The zero-order chi connectivity index (χ0) is 29.1. The average molecular weight is 569 g/mol. The number of hydrogen-bond acceptors (Lipinski definition) is 7. The molecule has 214 valence electrons. The summed E-state index contributed by atoms with van der Waals surface area (Å²) in [5.74, 6) is 1.14. The maximum atomic E-state index is 15.1. The van der Waals surface area contributed by atoms with E-state index in [-0.39, 0.29) is 30.7 Å². The molecule has 0 fully saturated rings. The summed E-state index contributed by atoms with van der Waals surface area (Å²) >= 11 is 0. The normalized spacial score (nSPS) is 16.6. The van der Waals surface area contributed by atoms with Crippen LogP contribution in [0.25, 0.3) is 0 Å². The Hall–Kier alpha value is -4.85. The van der Waals surface area contributed by atoms with Crippen LogP contribution in [0, 0.1) is 5.82 Å². The smallest absolute Gasteiger partial charge is 0.338 e. The van der Waals surface area contributed by atoms with E-state index in [0.717, 1.165) is 16.7 Å². The third-order valence-corrected chi connectivity index (χ3v) is 7.55. The van der Waals surface area contributed by atoms with Crippen LogP contribution in [0.5, 0.6) is 23.0 Å². The molecular weight excluding hydrogens is 539 g/mol. The lowest BCUT2D eigenvalue weighted by Crippen LogP contribution is -2.09. The van der Waals surface area contributed by atoms with E-state index in [1.165, 1.54) is 13.2 Å². The highest BCUT2D eigenvalue weighted by atomic mass is 19.1. The van der Waals surface area contributed by atoms with Gasteiger partial charge >= 0.3 is 11.9 Å². The number of carbonyl (C=O) groups is 2. The van der Waals surface area contributed by atoms with Gasteiger partial charge < -0.3 is 23.7 Å². The maximum Gasteiger partial charge on any atom is 0.338 e. The van der Waals surface area contributed by atoms with E-state index < -0.39 is 12.1 Å². The summed E-state index contributed by atoms with van der Waals surface area (Å²) < 4.78 is 43.4. The zero-order valence-electron chi connectivity index (χ0n) is 23.0. The number of ether oxygens (including phenoxy) is 5. The van der Waals surface area contributed by atoms with Gasteiger partial charge in [0.25, 0.3) is 0 Å². The first kappa shape index (κ1) is 27.3. The molecule has 0 spiro atoms. The largest absolute Gasteiger partial charge is 0.492 e. The van der Waals surface area contributed by atoms with Crippen molar-refractivity contribution in [2.45, 2.75) is 37.9 Å². The van der Waals surface area contributed by atoms with Crippen molar-refractivity contribution in [1.29, 1.82) is 0 Å². The molecule has 4 aromatic carbocycles. The zero-order valence-corrected chi connectivity index (χ0v) is 23.0. The minimum Gasteiger partial charge on any atom is -0.492 e. The second kappa shape index (κ2) is 11.9. The molecule has 0 N–H and O–H groups in total. The lowest BCUT2D eigenvalue weighted by molar-refractivity contribution is -0.141. The number of esters is 2. The Balaban J connectivity index is 1.12. The number of rotatable bonds is 9. The summed E-state index contributed by atoms with van der Waals surface area (Å²) in [7, 11) is 1.37. The van der Waals surface area contributed by atoms with Gasteiger partial charge in [0, 0.05) is 28.7 Å². The Morgan fingerprint density at radius 3 is 2.52 bits per heavy atom. The molecule has 8 heteroatoms. The van der Waals surface area contributed by atoms with Crippen molar-refractivity contribution >= 4 is 11.9 Å². The molecule has 42 heavy (non-hydrogen) atoms. The summed E-state index contributed by atoms with van der Waals surface area (Å²) in [6, 6.07) is 24.6. The predicted molar refractivity (Wildman–Crippen MR) is 151 cm³/mol. The Bertz CT molecular complexity index is 1600. The molecular formula is C34H29FO7. The monoisotopic (exact) mass is 568 g/mol. The van der Waals surface area contributed by atoms with Gasteiger partial charge in [-0.2, -0.15) is 0 Å². The van der Waals surface area contributed by atoms with Gasteiger partial charge in [0.1, 0.15) is 41.5 Å². The lowest BCUT2D eigenvalue weighted by Gasteiger charge is -2.17. The first-order chi connectivity index (χ1) is 20.5. The number of benzene rings is 4. The van der Waals surface area contributed by atoms with E-state index in [2.05, 4.69) is 0 Å². The molecule has 0 saturated carbocycles. The number of hydrogen-bond donors (Lipinski definition) is 0. The van der Waals surface area contributed by atoms with Gasteiger partial charge in [-0.3, -0.25) is 4.79 Å². The molecule has 1 aliphatic heterocycles. The molecule has 0 aromatic heterocycles. The average Bonchev–Trinajstić information content (AvgIpc) is 3.62. The standard InChI is InChI=1S/C34H29FO7/c1-38-32(36)17-23-20-39-31-18-25(11-12-26(23)31)42-30-15-13-27-29(16-14-28(35)33(27)30)41-24-9-7-22(8-10-24)34(37)40-19-21-5-3-2-4-6-21/h2-12,14,16,18,23,30H,13,15,17,19-20H2,1H3. The van der Waals surface area contributed by atoms with Crippen LogP contribution in [-0.4, -0.2) is 25.7 Å². The van der Waals surface area contributed by atoms with Crippen molar-refractivity contribution in [2.24, 2.45) is 0 Å². The van der Waals surface area contributed by atoms with Crippen LogP contribution in [0.4, 0.5) is 4.39 Å². The summed E-state index contributed by atoms with van der Waals surface area (Å²) in [6.45, 7) is 0.586. The number of fused-ring (bicyclic) bond motifs is 2. The Morgan fingerprint density at radius 1 is 0.952 bits per heavy atom. The summed E-state index contributed by atoms with van der Waals surface area (Å²) in [6.07, 6.45) is 0.923. The van der Waals surface area contributed by atoms with Crippen molar-refractivity contribution < 1.29 is 37.7 Å². The van der Waals surface area contributed by atoms with Gasteiger partial charge in [-0.15, -0.1) is 0 Å². The minimum atomic E-state index is -0.490. The first-order valence-electron chi connectivity index (χ1n) is 13.8. The van der Waals surface area contributed by atoms with Crippen molar-refractivity contribution in [3.8, 4) is 23.0 Å². The molecule has 4 aromatic rings. The fraction of sp³-hybridized carbons (Fsp3) is 0.235. The molecule has 2 atom stereocenters. The van der Waals surface area contributed by atoms with E-state index >= 15 is 4.39 Å². The van der Waals surface area contributed by atoms with Gasteiger partial charge in [-0.1, -0.05) is 36.4 Å². The second-order valence-electron chi connectivity index (χ2n) is 10.3. The maximum absolute atomic E-state index is 15.1. The Kier molecular flexibility index (Phi) is 7.77. The molecule has 7 nitrogen and oxygen atoms in total. The third kappa shape index (κ3) is 5.79. The first-order valence-corrected chi connectivity index (χ1v) is 13.8. The minimum absolute atomic E-state index is 0.0696. The van der Waals surface area contributed by atoms with Crippen LogP contribution < -0.4 is 14.2 Å². The Labute approximate surface area is 242 Å². The van der Waals surface area contributed by atoms with E-state index in [4.69, 9.17) is 23.7 Å². The third-order valence-electron chi connectivity index (χ3n) is 7.55. The SMILES string of the molecule is COC(=O)CC1COc2cc(OC3CCc4c(Oc5ccc(C(=O)OCc6ccccc6)cc5)ccc(F)c43)ccc21. The van der Waals surface area contributed by atoms with Crippen molar-refractivity contribution in [2.75, 3.05) is 13.7 Å². The Morgan fingerprint density at radius 2 is 1.74 bits per heavy atom. The van der Waals surface area contributed by atoms with Gasteiger partial charge in [-0.25, -0.2) is 9.18 Å². The summed E-state index contributed by atoms with van der Waals surface area (Å²) in [5.41, 5.74) is 3.47. The molecule has 1 aliphatic carbocycles. The lowest BCUT2D eigenvalue weighted by atomic mass is 9.98. The van der Waals surface area contributed by atoms with Gasteiger partial charge in [-0.05, 0) is 60.9 Å². The molecule has 0 amide bonds. The number of halogens is 1. The summed E-state index contributed by atoms with van der Waals surface area (Å²) in [4.78, 5) is 24.2. The topological polar surface area (TPSA) is 80.3 Å². The van der Waals surface area contributed by atoms with Gasteiger partial charge in [0.2, 0.25) is 0 Å². The molecule has 0 radical (unpaired) electrons. The van der Waals surface area contributed by atoms with Gasteiger partial charge in [0.05, 0.1) is 25.7 Å². The van der Waals surface area contributed by atoms with E-state index in [0.29, 0.717) is 53.6 Å². The predicted octanol–water partition coefficient (Wildman–Crippen LogP) is 7.08. The number of methoxy groups -OCH3 is 1. The molecule has 0 saturated heterocycles. The van der Waals surface area contributed by atoms with Crippen LogP contribution in [0.2, 0.25) is 0 Å². The summed E-state index contributed by atoms with van der Waals surface area (Å²) in [5, 5.41) is 0. The fourth-order valence-corrected chi connectivity index (χ4v) is 5.40. The quantitative estimate of drug-likeness (QED) is 0.200. The van der Waals surface area contributed by atoms with Crippen molar-refractivity contribution in [1.82, 2.24) is 0 Å². The van der Waals surface area contributed by atoms with E-state index in [1.54, 1.807) is 36.4 Å². The van der Waals surface area contributed by atoms with Crippen LogP contribution in [0.3, 0.4) is 0 Å². The molecule has 1 heterocycles. The van der Waals surface area contributed by atoms with Gasteiger partial charge in [0.15, 0.2) is 0 Å². The highest BCUT2D eigenvalue weighted by molar-refractivity contribution is 5.89. The highest BCUT2D eigenvalue weighted by Crippen LogP contribution is 2.44. The molecule has 2 aliphatic rings. The van der Waals surface area contributed by atoms with Crippen molar-refractivity contribution in [3.05, 3.63) is 119 Å². The fourth-order valence-electron chi connectivity index (χ4n) is 5.40.